The third-order valence-electron chi connectivity index (χ3n) is 4.12. The summed E-state index contributed by atoms with van der Waals surface area (Å²) in [5.41, 5.74) is 1.14. The number of hydrogen-bond donors (Lipinski definition) is 1. The van der Waals surface area contributed by atoms with Gasteiger partial charge in [-0.1, -0.05) is 0 Å². The molecule has 142 valence electrons. The maximum Gasteiger partial charge on any atom is 0.274 e. The van der Waals surface area contributed by atoms with E-state index in [1.807, 2.05) is 38.1 Å². The molecule has 0 saturated carbocycles. The molecule has 1 aromatic heterocycles. The Morgan fingerprint density at radius 2 is 1.81 bits per heavy atom. The monoisotopic (exact) mass is 369 g/mol. The van der Waals surface area contributed by atoms with E-state index >= 15 is 0 Å². The number of hydrogen-bond acceptors (Lipinski definition) is 6. The third-order valence-corrected chi connectivity index (χ3v) is 4.12. The Bertz CT molecular complexity index is 769. The van der Waals surface area contributed by atoms with Crippen LogP contribution in [0.4, 0.5) is 11.5 Å². The highest BCUT2D eigenvalue weighted by Crippen LogP contribution is 2.19. The molecular weight excluding hydrogens is 346 g/mol. The van der Waals surface area contributed by atoms with Crippen LogP contribution in [0, 0.1) is 0 Å². The lowest BCUT2D eigenvalue weighted by atomic mass is 10.3. The van der Waals surface area contributed by atoms with Crippen LogP contribution < -0.4 is 10.1 Å². The lowest BCUT2D eigenvalue weighted by Crippen LogP contribution is -2.48. The van der Waals surface area contributed by atoms with Crippen LogP contribution in [0.5, 0.6) is 5.75 Å². The molecule has 3 rings (SSSR count). The highest BCUT2D eigenvalue weighted by molar-refractivity contribution is 5.92. The summed E-state index contributed by atoms with van der Waals surface area (Å²) in [4.78, 5) is 35.1. The predicted octanol–water partition coefficient (Wildman–Crippen LogP) is 1.92. The molecule has 1 N–H and O–H groups in total. The number of ether oxygens (including phenoxy) is 1. The summed E-state index contributed by atoms with van der Waals surface area (Å²) in [5, 5.41) is 3.14. The standard InChI is InChI=1S/C19H23N5O3/c1-14(2)27-16-5-3-15(4-6-16)22-18-12-20-17(11-21-18)19(26)24-9-7-23(13-25)8-10-24/h3-6,11-14H,7-10H2,1-2H3,(H,21,22). The van der Waals surface area contributed by atoms with Crippen molar-refractivity contribution in [2.45, 2.75) is 20.0 Å². The lowest BCUT2D eigenvalue weighted by Gasteiger charge is -2.32. The molecule has 1 fully saturated rings. The summed E-state index contributed by atoms with van der Waals surface area (Å²) < 4.78 is 5.61. The number of anilines is 2. The SMILES string of the molecule is CC(C)Oc1ccc(Nc2cnc(C(=O)N3CCN(C=O)CC3)cn2)cc1. The first-order valence-electron chi connectivity index (χ1n) is 8.89. The van der Waals surface area contributed by atoms with Gasteiger partial charge in [-0.2, -0.15) is 0 Å². The zero-order valence-electron chi connectivity index (χ0n) is 15.5. The molecule has 2 heterocycles. The molecule has 0 atom stereocenters. The number of benzene rings is 1. The zero-order chi connectivity index (χ0) is 19.2. The summed E-state index contributed by atoms with van der Waals surface area (Å²) in [5.74, 6) is 1.18. The molecular formula is C19H23N5O3. The van der Waals surface area contributed by atoms with E-state index in [4.69, 9.17) is 4.74 Å². The quantitative estimate of drug-likeness (QED) is 0.783. The highest BCUT2D eigenvalue weighted by Gasteiger charge is 2.22. The smallest absolute Gasteiger partial charge is 0.274 e. The van der Waals surface area contributed by atoms with Crippen molar-refractivity contribution in [1.82, 2.24) is 19.8 Å². The van der Waals surface area contributed by atoms with Crippen molar-refractivity contribution in [2.24, 2.45) is 0 Å². The van der Waals surface area contributed by atoms with E-state index in [1.165, 1.54) is 12.4 Å². The van der Waals surface area contributed by atoms with E-state index in [9.17, 15) is 9.59 Å². The number of nitrogens with zero attached hydrogens (tertiary/aromatic N) is 4. The second-order valence-corrected chi connectivity index (χ2v) is 6.54. The lowest BCUT2D eigenvalue weighted by molar-refractivity contribution is -0.119. The number of aromatic nitrogens is 2. The normalized spacial score (nSPS) is 14.2. The number of carbonyl (C=O) groups excluding carboxylic acids is 2. The Morgan fingerprint density at radius 1 is 1.11 bits per heavy atom. The number of amides is 2. The van der Waals surface area contributed by atoms with Gasteiger partial charge in [0, 0.05) is 31.9 Å². The van der Waals surface area contributed by atoms with Crippen LogP contribution in [-0.4, -0.2) is 64.4 Å². The fourth-order valence-corrected chi connectivity index (χ4v) is 2.73. The van der Waals surface area contributed by atoms with Crippen molar-refractivity contribution in [3.05, 3.63) is 42.4 Å². The van der Waals surface area contributed by atoms with Crippen LogP contribution in [0.25, 0.3) is 0 Å². The van der Waals surface area contributed by atoms with Gasteiger partial charge in [-0.3, -0.25) is 9.59 Å². The van der Waals surface area contributed by atoms with Crippen LogP contribution in [0.1, 0.15) is 24.3 Å². The minimum atomic E-state index is -0.171. The Morgan fingerprint density at radius 3 is 2.37 bits per heavy atom. The Hall–Kier alpha value is -3.16. The molecule has 0 bridgehead atoms. The summed E-state index contributed by atoms with van der Waals surface area (Å²) >= 11 is 0. The Kier molecular flexibility index (Phi) is 5.85. The van der Waals surface area contributed by atoms with Crippen molar-refractivity contribution in [3.63, 3.8) is 0 Å². The van der Waals surface area contributed by atoms with Gasteiger partial charge in [0.25, 0.3) is 5.91 Å². The average Bonchev–Trinajstić information content (AvgIpc) is 2.69. The molecule has 2 aromatic rings. The van der Waals surface area contributed by atoms with E-state index in [-0.39, 0.29) is 12.0 Å². The molecule has 2 amide bonds. The van der Waals surface area contributed by atoms with Gasteiger partial charge in [0.1, 0.15) is 17.3 Å². The van der Waals surface area contributed by atoms with Crippen molar-refractivity contribution in [2.75, 3.05) is 31.5 Å². The fourth-order valence-electron chi connectivity index (χ4n) is 2.73. The van der Waals surface area contributed by atoms with Crippen LogP contribution in [0.3, 0.4) is 0 Å². The fraction of sp³-hybridized carbons (Fsp3) is 0.368. The summed E-state index contributed by atoms with van der Waals surface area (Å²) in [6, 6.07) is 7.55. The largest absolute Gasteiger partial charge is 0.491 e. The number of carbonyl (C=O) groups is 2. The Balaban J connectivity index is 1.58. The molecule has 1 aliphatic rings. The number of piperazine rings is 1. The van der Waals surface area contributed by atoms with Crippen molar-refractivity contribution in [3.8, 4) is 5.75 Å². The van der Waals surface area contributed by atoms with Crippen LogP contribution in [0.15, 0.2) is 36.7 Å². The van der Waals surface area contributed by atoms with Gasteiger partial charge in [-0.05, 0) is 38.1 Å². The zero-order valence-corrected chi connectivity index (χ0v) is 15.5. The van der Waals surface area contributed by atoms with E-state index < -0.39 is 0 Å². The van der Waals surface area contributed by atoms with Gasteiger partial charge >= 0.3 is 0 Å². The van der Waals surface area contributed by atoms with E-state index in [0.29, 0.717) is 37.7 Å². The topological polar surface area (TPSA) is 87.7 Å². The van der Waals surface area contributed by atoms with Crippen molar-refractivity contribution < 1.29 is 14.3 Å². The molecule has 0 unspecified atom stereocenters. The van der Waals surface area contributed by atoms with Crippen LogP contribution in [-0.2, 0) is 4.79 Å². The maximum atomic E-state index is 12.5. The summed E-state index contributed by atoms with van der Waals surface area (Å²) in [7, 11) is 0. The molecule has 1 saturated heterocycles. The van der Waals surface area contributed by atoms with Crippen molar-refractivity contribution in [1.29, 1.82) is 0 Å². The first-order valence-corrected chi connectivity index (χ1v) is 8.89. The first kappa shape index (κ1) is 18.6. The van der Waals surface area contributed by atoms with Gasteiger partial charge in [0.2, 0.25) is 6.41 Å². The van der Waals surface area contributed by atoms with E-state index in [1.54, 1.807) is 9.80 Å². The van der Waals surface area contributed by atoms with Gasteiger partial charge < -0.3 is 19.9 Å². The van der Waals surface area contributed by atoms with Crippen molar-refractivity contribution >= 4 is 23.8 Å². The number of nitrogens with one attached hydrogen (secondary N) is 1. The van der Waals surface area contributed by atoms with Gasteiger partial charge in [0.15, 0.2) is 0 Å². The molecule has 8 heteroatoms. The summed E-state index contributed by atoms with van der Waals surface area (Å²) in [6.45, 7) is 6.05. The molecule has 1 aromatic carbocycles. The summed E-state index contributed by atoms with van der Waals surface area (Å²) in [6.07, 6.45) is 3.94. The van der Waals surface area contributed by atoms with Crippen LogP contribution >= 0.6 is 0 Å². The van der Waals surface area contributed by atoms with E-state index in [2.05, 4.69) is 15.3 Å². The Labute approximate surface area is 158 Å². The molecule has 0 spiro atoms. The minimum Gasteiger partial charge on any atom is -0.491 e. The minimum absolute atomic E-state index is 0.126. The molecule has 0 radical (unpaired) electrons. The first-order chi connectivity index (χ1) is 13.0. The van der Waals surface area contributed by atoms with Gasteiger partial charge in [-0.25, -0.2) is 9.97 Å². The second-order valence-electron chi connectivity index (χ2n) is 6.54. The molecule has 0 aliphatic carbocycles. The van der Waals surface area contributed by atoms with Gasteiger partial charge in [0.05, 0.1) is 18.5 Å². The predicted molar refractivity (Wildman–Crippen MR) is 101 cm³/mol. The van der Waals surface area contributed by atoms with Crippen LogP contribution in [0.2, 0.25) is 0 Å². The number of rotatable bonds is 6. The molecule has 8 nitrogen and oxygen atoms in total. The third kappa shape index (κ3) is 4.93. The second kappa shape index (κ2) is 8.48. The average molecular weight is 369 g/mol. The highest BCUT2D eigenvalue weighted by atomic mass is 16.5. The molecule has 27 heavy (non-hydrogen) atoms. The maximum absolute atomic E-state index is 12.5. The van der Waals surface area contributed by atoms with Gasteiger partial charge in [-0.15, -0.1) is 0 Å². The molecule has 1 aliphatic heterocycles. The van der Waals surface area contributed by atoms with E-state index in [0.717, 1.165) is 17.8 Å².